The number of nitrogens with one attached hydrogen (secondary N) is 1. The van der Waals surface area contributed by atoms with Gasteiger partial charge in [-0.1, -0.05) is 0 Å². The summed E-state index contributed by atoms with van der Waals surface area (Å²) < 4.78 is 31.7. The average molecular weight is 215 g/mol. The Morgan fingerprint density at radius 1 is 1.57 bits per heavy atom. The van der Waals surface area contributed by atoms with Crippen LogP contribution in [0.1, 0.15) is 0 Å². The highest BCUT2D eigenvalue weighted by Gasteiger charge is 2.38. The summed E-state index contributed by atoms with van der Waals surface area (Å²) in [6, 6.07) is -0.250. The van der Waals surface area contributed by atoms with E-state index < -0.39 is 12.1 Å². The standard InChI is InChI=1S/C4H7NO2.C2HF3O2/c6-2-3-4(7)1-5-3;3-2(4,5)1(6)7/h3,5-6H,1-2H2;(H,6,7). The number of carbonyl (C=O) groups is 2. The van der Waals surface area contributed by atoms with Crippen LogP contribution in [-0.2, 0) is 9.59 Å². The van der Waals surface area contributed by atoms with Gasteiger partial charge in [-0.05, 0) is 0 Å². The summed E-state index contributed by atoms with van der Waals surface area (Å²) in [5.74, 6) is -2.64. The smallest absolute Gasteiger partial charge is 0.475 e. The zero-order valence-electron chi connectivity index (χ0n) is 6.84. The van der Waals surface area contributed by atoms with Crippen LogP contribution in [0.2, 0.25) is 0 Å². The SMILES string of the molecule is O=C(O)C(F)(F)F.O=C1CNC1CO. The van der Waals surface area contributed by atoms with Gasteiger partial charge in [0.05, 0.1) is 19.2 Å². The summed E-state index contributed by atoms with van der Waals surface area (Å²) in [5, 5.41) is 18.1. The number of aliphatic hydroxyl groups excluding tert-OH is 1. The van der Waals surface area contributed by atoms with Gasteiger partial charge in [0.2, 0.25) is 0 Å². The zero-order chi connectivity index (χ0) is 11.4. The van der Waals surface area contributed by atoms with E-state index in [2.05, 4.69) is 5.32 Å². The van der Waals surface area contributed by atoms with E-state index in [9.17, 15) is 18.0 Å². The predicted molar refractivity (Wildman–Crippen MR) is 37.6 cm³/mol. The average Bonchev–Trinajstić information content (AvgIpc) is 2.02. The van der Waals surface area contributed by atoms with Crippen molar-refractivity contribution in [2.24, 2.45) is 0 Å². The van der Waals surface area contributed by atoms with Crippen LogP contribution in [0.3, 0.4) is 0 Å². The predicted octanol–water partition coefficient (Wildman–Crippen LogP) is -0.847. The van der Waals surface area contributed by atoms with Crippen molar-refractivity contribution in [3.63, 3.8) is 0 Å². The van der Waals surface area contributed by atoms with E-state index in [0.717, 1.165) is 0 Å². The molecule has 82 valence electrons. The molecule has 1 atom stereocenters. The number of alkyl halides is 3. The minimum atomic E-state index is -5.08. The van der Waals surface area contributed by atoms with E-state index in [0.29, 0.717) is 6.54 Å². The molecule has 1 aliphatic heterocycles. The van der Waals surface area contributed by atoms with Gasteiger partial charge in [0, 0.05) is 0 Å². The lowest BCUT2D eigenvalue weighted by Gasteiger charge is -2.22. The number of aliphatic carboxylic acids is 1. The maximum absolute atomic E-state index is 10.6. The Morgan fingerprint density at radius 3 is 2.00 bits per heavy atom. The molecule has 0 radical (unpaired) electrons. The number of Topliss-reactive ketones (excluding diaryl/α,β-unsaturated/α-hetero) is 1. The minimum Gasteiger partial charge on any atom is -0.475 e. The Labute approximate surface area is 76.5 Å². The van der Waals surface area contributed by atoms with Gasteiger partial charge in [0.1, 0.15) is 0 Å². The molecule has 1 saturated heterocycles. The number of rotatable bonds is 1. The van der Waals surface area contributed by atoms with Gasteiger partial charge in [-0.3, -0.25) is 10.1 Å². The highest BCUT2D eigenvalue weighted by molar-refractivity contribution is 5.91. The first kappa shape index (κ1) is 12.8. The van der Waals surface area contributed by atoms with Crippen molar-refractivity contribution in [1.29, 1.82) is 0 Å². The fourth-order valence-electron chi connectivity index (χ4n) is 0.496. The molecule has 1 heterocycles. The van der Waals surface area contributed by atoms with Gasteiger partial charge >= 0.3 is 12.1 Å². The molecule has 0 spiro atoms. The lowest BCUT2D eigenvalue weighted by molar-refractivity contribution is -0.192. The molecular formula is C6H8F3NO4. The summed E-state index contributed by atoms with van der Waals surface area (Å²) in [6.45, 7) is 0.379. The maximum Gasteiger partial charge on any atom is 0.490 e. The quantitative estimate of drug-likeness (QED) is 0.530. The molecule has 1 unspecified atom stereocenters. The van der Waals surface area contributed by atoms with Crippen molar-refractivity contribution in [2.45, 2.75) is 12.2 Å². The van der Waals surface area contributed by atoms with Crippen molar-refractivity contribution in [1.82, 2.24) is 5.32 Å². The second-order valence-corrected chi connectivity index (χ2v) is 2.39. The largest absolute Gasteiger partial charge is 0.490 e. The Bertz CT molecular complexity index is 226. The molecule has 0 aromatic rings. The summed E-state index contributed by atoms with van der Waals surface area (Å²) in [5.41, 5.74) is 0. The second-order valence-electron chi connectivity index (χ2n) is 2.39. The first-order chi connectivity index (χ1) is 6.29. The summed E-state index contributed by atoms with van der Waals surface area (Å²) in [6.07, 6.45) is -5.08. The van der Waals surface area contributed by atoms with Crippen molar-refractivity contribution in [3.05, 3.63) is 0 Å². The number of carboxylic acids is 1. The minimum absolute atomic E-state index is 0.0567. The molecule has 1 rings (SSSR count). The lowest BCUT2D eigenvalue weighted by atomic mass is 10.1. The van der Waals surface area contributed by atoms with Crippen LogP contribution in [0.4, 0.5) is 13.2 Å². The number of aliphatic hydroxyl groups is 1. The third-order valence-electron chi connectivity index (χ3n) is 1.34. The van der Waals surface area contributed by atoms with Gasteiger partial charge < -0.3 is 10.2 Å². The second kappa shape index (κ2) is 4.91. The molecule has 14 heavy (non-hydrogen) atoms. The Hall–Kier alpha value is -1.15. The van der Waals surface area contributed by atoms with Crippen LogP contribution < -0.4 is 5.32 Å². The number of carboxylic acid groups (broad SMARTS) is 1. The number of hydrogen-bond acceptors (Lipinski definition) is 4. The number of hydrogen-bond donors (Lipinski definition) is 3. The van der Waals surface area contributed by atoms with Gasteiger partial charge in [0.25, 0.3) is 0 Å². The van der Waals surface area contributed by atoms with Crippen LogP contribution in [0.25, 0.3) is 0 Å². The molecule has 8 heteroatoms. The fourth-order valence-corrected chi connectivity index (χ4v) is 0.496. The van der Waals surface area contributed by atoms with E-state index in [1.165, 1.54) is 0 Å². The molecule has 0 amide bonds. The third kappa shape index (κ3) is 4.19. The molecule has 0 bridgehead atoms. The highest BCUT2D eigenvalue weighted by Crippen LogP contribution is 2.13. The monoisotopic (exact) mass is 215 g/mol. The highest BCUT2D eigenvalue weighted by atomic mass is 19.4. The van der Waals surface area contributed by atoms with Gasteiger partial charge in [-0.2, -0.15) is 13.2 Å². The van der Waals surface area contributed by atoms with Crippen LogP contribution in [0.5, 0.6) is 0 Å². The molecule has 1 fully saturated rings. The molecular weight excluding hydrogens is 207 g/mol. The van der Waals surface area contributed by atoms with Gasteiger partial charge in [0.15, 0.2) is 5.78 Å². The topological polar surface area (TPSA) is 86.6 Å². The zero-order valence-corrected chi connectivity index (χ0v) is 6.84. The van der Waals surface area contributed by atoms with Crippen molar-refractivity contribution in [3.8, 4) is 0 Å². The van der Waals surface area contributed by atoms with Crippen LogP contribution in [0.15, 0.2) is 0 Å². The first-order valence-electron chi connectivity index (χ1n) is 3.46. The number of ketones is 1. The lowest BCUT2D eigenvalue weighted by Crippen LogP contribution is -2.55. The van der Waals surface area contributed by atoms with Crippen LogP contribution >= 0.6 is 0 Å². The number of halogens is 3. The fraction of sp³-hybridized carbons (Fsp3) is 0.667. The van der Waals surface area contributed by atoms with E-state index >= 15 is 0 Å². The van der Waals surface area contributed by atoms with E-state index in [-0.39, 0.29) is 18.4 Å². The van der Waals surface area contributed by atoms with Crippen LogP contribution in [-0.4, -0.2) is 47.3 Å². The molecule has 0 aromatic heterocycles. The van der Waals surface area contributed by atoms with Crippen molar-refractivity contribution >= 4 is 11.8 Å². The Kier molecular flexibility index (Phi) is 4.51. The normalized spacial score (nSPS) is 20.6. The van der Waals surface area contributed by atoms with E-state index in [4.69, 9.17) is 15.0 Å². The third-order valence-corrected chi connectivity index (χ3v) is 1.34. The molecule has 0 saturated carbocycles. The first-order valence-corrected chi connectivity index (χ1v) is 3.46. The molecule has 5 nitrogen and oxygen atoms in total. The summed E-state index contributed by atoms with van der Waals surface area (Å²) >= 11 is 0. The summed E-state index contributed by atoms with van der Waals surface area (Å²) in [4.78, 5) is 19.1. The molecule has 1 aliphatic rings. The molecule has 0 aliphatic carbocycles. The van der Waals surface area contributed by atoms with Crippen LogP contribution in [0, 0.1) is 0 Å². The number of carbonyl (C=O) groups excluding carboxylic acids is 1. The van der Waals surface area contributed by atoms with Crippen molar-refractivity contribution in [2.75, 3.05) is 13.2 Å². The van der Waals surface area contributed by atoms with E-state index in [1.807, 2.05) is 0 Å². The van der Waals surface area contributed by atoms with Crippen molar-refractivity contribution < 1.29 is 33.0 Å². The van der Waals surface area contributed by atoms with Gasteiger partial charge in [-0.25, -0.2) is 4.79 Å². The summed E-state index contributed by atoms with van der Waals surface area (Å²) in [7, 11) is 0. The molecule has 3 N–H and O–H groups in total. The van der Waals surface area contributed by atoms with Gasteiger partial charge in [-0.15, -0.1) is 0 Å². The Morgan fingerprint density at radius 2 is 2.00 bits per heavy atom. The van der Waals surface area contributed by atoms with E-state index in [1.54, 1.807) is 0 Å². The maximum atomic E-state index is 10.6. The Balaban J connectivity index is 0.000000241. The molecule has 0 aromatic carbocycles.